The first-order chi connectivity index (χ1) is 49.1. The van der Waals surface area contributed by atoms with Crippen LogP contribution < -0.4 is 0 Å². The van der Waals surface area contributed by atoms with Gasteiger partial charge in [-0.05, 0) is 49.4 Å². The Labute approximate surface area is 626 Å². The molecule has 0 amide bonds. The van der Waals surface area contributed by atoms with Crippen molar-refractivity contribution in [1.82, 2.24) is 0 Å². The largest absolute Gasteiger partial charge is 0.472 e. The molecule has 17 nitrogen and oxygen atoms in total. The summed E-state index contributed by atoms with van der Waals surface area (Å²) in [6, 6.07) is 0. The van der Waals surface area contributed by atoms with Crippen molar-refractivity contribution in [2.45, 2.75) is 446 Å². The molecule has 0 aromatic rings. The number of carbonyl (C=O) groups is 4. The maximum absolute atomic E-state index is 13.1. The molecule has 0 aromatic heterocycles. The van der Waals surface area contributed by atoms with Crippen LogP contribution in [0, 0.1) is 23.7 Å². The highest BCUT2D eigenvalue weighted by Gasteiger charge is 2.30. The molecule has 0 spiro atoms. The van der Waals surface area contributed by atoms with E-state index in [0.717, 1.165) is 114 Å². The third-order valence-corrected chi connectivity index (χ3v) is 21.2. The quantitative estimate of drug-likeness (QED) is 0.0222. The molecule has 0 saturated heterocycles. The number of unbranched alkanes of at least 4 members (excludes halogenated alkanes) is 46. The lowest BCUT2D eigenvalue weighted by atomic mass is 10.0. The first-order valence-electron chi connectivity index (χ1n) is 42.7. The molecule has 19 heteroatoms. The van der Waals surface area contributed by atoms with Gasteiger partial charge in [0.1, 0.15) is 19.3 Å². The first kappa shape index (κ1) is 100. The predicted molar refractivity (Wildman–Crippen MR) is 418 cm³/mol. The summed E-state index contributed by atoms with van der Waals surface area (Å²) >= 11 is 0. The highest BCUT2D eigenvalue weighted by molar-refractivity contribution is 7.47. The summed E-state index contributed by atoms with van der Waals surface area (Å²) in [7, 11) is -9.93. The maximum atomic E-state index is 13.1. The standard InChI is InChI=1S/C83H162O17P2/c1-73(2)59-51-43-35-27-21-15-13-11-9-10-12-14-16-25-31-41-49-57-65-82(87)99-78(69-93-80(85)63-55-47-39-30-24-19-17-22-28-36-44-52-60-74(3)4)71-97-101(89,90)95-67-77(84)68-96-102(91,92)98-72-79(70-94-81(86)64-56-48-40-34-33-38-46-54-62-76(7)8)100-83(88)66-58-50-42-32-26-20-18-23-29-37-45-53-61-75(5)6/h73-79,84H,9-72H2,1-8H3,(H,89,90)(H,91,92)/t77-,78-,79-/m1/s1. The van der Waals surface area contributed by atoms with Gasteiger partial charge in [0.05, 0.1) is 26.4 Å². The Morgan fingerprint density at radius 3 is 0.608 bits per heavy atom. The third-order valence-electron chi connectivity index (χ3n) is 19.3. The van der Waals surface area contributed by atoms with Gasteiger partial charge in [0.15, 0.2) is 12.2 Å². The summed E-state index contributed by atoms with van der Waals surface area (Å²) in [4.78, 5) is 73.1. The topological polar surface area (TPSA) is 237 Å². The van der Waals surface area contributed by atoms with Crippen LogP contribution >= 0.6 is 15.6 Å². The zero-order chi connectivity index (χ0) is 75.3. The highest BCUT2D eigenvalue weighted by atomic mass is 31.2. The molecule has 3 N–H and O–H groups in total. The summed E-state index contributed by atoms with van der Waals surface area (Å²) in [5.74, 6) is 0.994. The third kappa shape index (κ3) is 76.3. The van der Waals surface area contributed by atoms with E-state index in [2.05, 4.69) is 55.4 Å². The maximum Gasteiger partial charge on any atom is 0.472 e. The molecule has 0 radical (unpaired) electrons. The minimum absolute atomic E-state index is 0.106. The Balaban J connectivity index is 5.24. The minimum atomic E-state index is -4.96. The fourth-order valence-corrected chi connectivity index (χ4v) is 14.4. The Morgan fingerprint density at radius 1 is 0.245 bits per heavy atom. The van der Waals surface area contributed by atoms with Gasteiger partial charge >= 0.3 is 39.5 Å². The van der Waals surface area contributed by atoms with Gasteiger partial charge in [-0.3, -0.25) is 37.3 Å². The van der Waals surface area contributed by atoms with Crippen LogP contribution in [0.1, 0.15) is 428 Å². The Bertz CT molecular complexity index is 1990. The molecular formula is C83H162O17P2. The number of aliphatic hydroxyl groups is 1. The van der Waals surface area contributed by atoms with Gasteiger partial charge in [-0.1, -0.05) is 376 Å². The SMILES string of the molecule is CC(C)CCCCCCCCCCCCCCCCCCCCC(=O)O[C@H](COC(=O)CCCCCCCCCCCCCCC(C)C)COP(=O)(O)OC[C@@H](O)COP(=O)(O)OC[C@@H](COC(=O)CCCCCCCCCCC(C)C)OC(=O)CCCCCCCCCCCCCCC(C)C. The van der Waals surface area contributed by atoms with Gasteiger partial charge in [0, 0.05) is 25.7 Å². The van der Waals surface area contributed by atoms with Gasteiger partial charge < -0.3 is 33.8 Å². The lowest BCUT2D eigenvalue weighted by Gasteiger charge is -2.21. The van der Waals surface area contributed by atoms with E-state index in [1.807, 2.05) is 0 Å². The molecule has 5 atom stereocenters. The van der Waals surface area contributed by atoms with Crippen molar-refractivity contribution >= 4 is 39.5 Å². The zero-order valence-electron chi connectivity index (χ0n) is 67.2. The fourth-order valence-electron chi connectivity index (χ4n) is 12.8. The molecule has 0 rings (SSSR count). The van der Waals surface area contributed by atoms with Crippen molar-refractivity contribution in [3.05, 3.63) is 0 Å². The van der Waals surface area contributed by atoms with E-state index in [1.165, 1.54) is 231 Å². The molecule has 606 valence electrons. The molecule has 0 aliphatic rings. The minimum Gasteiger partial charge on any atom is -0.462 e. The lowest BCUT2D eigenvalue weighted by Crippen LogP contribution is -2.30. The molecule has 0 saturated carbocycles. The zero-order valence-corrected chi connectivity index (χ0v) is 69.0. The van der Waals surface area contributed by atoms with Gasteiger partial charge in [-0.2, -0.15) is 0 Å². The summed E-state index contributed by atoms with van der Waals surface area (Å²) in [6.45, 7) is 14.3. The number of phosphoric acid groups is 2. The van der Waals surface area contributed by atoms with Crippen LogP contribution in [0.3, 0.4) is 0 Å². The van der Waals surface area contributed by atoms with E-state index < -0.39 is 97.5 Å². The fraction of sp³-hybridized carbons (Fsp3) is 0.952. The number of carbonyl (C=O) groups excluding carboxylic acids is 4. The average Bonchev–Trinajstić information content (AvgIpc) is 0.913. The first-order valence-corrected chi connectivity index (χ1v) is 45.7. The van der Waals surface area contributed by atoms with Crippen molar-refractivity contribution < 1.29 is 80.2 Å². The summed E-state index contributed by atoms with van der Waals surface area (Å²) < 4.78 is 68.8. The molecule has 0 bridgehead atoms. The predicted octanol–water partition coefficient (Wildman–Crippen LogP) is 24.8. The van der Waals surface area contributed by atoms with Gasteiger partial charge in [-0.15, -0.1) is 0 Å². The van der Waals surface area contributed by atoms with Gasteiger partial charge in [0.25, 0.3) is 0 Å². The highest BCUT2D eigenvalue weighted by Crippen LogP contribution is 2.45. The monoisotopic (exact) mass is 1490 g/mol. The van der Waals surface area contributed by atoms with Crippen molar-refractivity contribution in [3.8, 4) is 0 Å². The molecule has 0 aromatic carbocycles. The van der Waals surface area contributed by atoms with E-state index in [4.69, 9.17) is 37.0 Å². The Morgan fingerprint density at radius 2 is 0.412 bits per heavy atom. The van der Waals surface area contributed by atoms with E-state index in [-0.39, 0.29) is 25.7 Å². The van der Waals surface area contributed by atoms with E-state index in [9.17, 15) is 43.2 Å². The molecule has 0 aliphatic heterocycles. The Hall–Kier alpha value is -1.94. The van der Waals surface area contributed by atoms with E-state index in [1.54, 1.807) is 0 Å². The lowest BCUT2D eigenvalue weighted by molar-refractivity contribution is -0.161. The van der Waals surface area contributed by atoms with Crippen LogP contribution in [-0.2, 0) is 65.4 Å². The molecule has 0 fully saturated rings. The van der Waals surface area contributed by atoms with E-state index in [0.29, 0.717) is 25.7 Å². The van der Waals surface area contributed by atoms with Crippen LogP contribution in [0.25, 0.3) is 0 Å². The number of hydrogen-bond donors (Lipinski definition) is 3. The van der Waals surface area contributed by atoms with Crippen LogP contribution in [-0.4, -0.2) is 96.7 Å². The molecule has 0 aliphatic carbocycles. The van der Waals surface area contributed by atoms with Gasteiger partial charge in [0.2, 0.25) is 0 Å². The summed E-state index contributed by atoms with van der Waals surface area (Å²) in [5, 5.41) is 10.7. The summed E-state index contributed by atoms with van der Waals surface area (Å²) in [5.41, 5.74) is 0. The normalized spacial score (nSPS) is 14.0. The van der Waals surface area contributed by atoms with E-state index >= 15 is 0 Å². The summed E-state index contributed by atoms with van der Waals surface area (Å²) in [6.07, 6.45) is 59.7. The number of hydrogen-bond acceptors (Lipinski definition) is 15. The molecule has 102 heavy (non-hydrogen) atoms. The number of ether oxygens (including phenoxy) is 4. The average molecular weight is 1490 g/mol. The number of phosphoric ester groups is 2. The van der Waals surface area contributed by atoms with Crippen LogP contribution in [0.15, 0.2) is 0 Å². The van der Waals surface area contributed by atoms with Crippen molar-refractivity contribution in [1.29, 1.82) is 0 Å². The smallest absolute Gasteiger partial charge is 0.462 e. The second-order valence-electron chi connectivity index (χ2n) is 31.8. The van der Waals surface area contributed by atoms with Crippen LogP contribution in [0.4, 0.5) is 0 Å². The van der Waals surface area contributed by atoms with Crippen LogP contribution in [0.2, 0.25) is 0 Å². The number of aliphatic hydroxyl groups excluding tert-OH is 1. The second kappa shape index (κ2) is 72.0. The van der Waals surface area contributed by atoms with Crippen molar-refractivity contribution in [3.63, 3.8) is 0 Å². The molecular weight excluding hydrogens is 1330 g/mol. The molecule has 2 unspecified atom stereocenters. The Kier molecular flexibility index (Phi) is 70.6. The number of esters is 4. The number of rotatable bonds is 80. The van der Waals surface area contributed by atoms with Crippen molar-refractivity contribution in [2.24, 2.45) is 23.7 Å². The second-order valence-corrected chi connectivity index (χ2v) is 34.7. The van der Waals surface area contributed by atoms with Crippen LogP contribution in [0.5, 0.6) is 0 Å². The van der Waals surface area contributed by atoms with Gasteiger partial charge in [-0.25, -0.2) is 9.13 Å². The molecule has 0 heterocycles. The van der Waals surface area contributed by atoms with Crippen molar-refractivity contribution in [2.75, 3.05) is 39.6 Å².